The number of benzene rings is 1. The summed E-state index contributed by atoms with van der Waals surface area (Å²) in [6, 6.07) is 1.76. The number of halogens is 2. The molecule has 0 radical (unpaired) electrons. The van der Waals surface area contributed by atoms with E-state index >= 15 is 0 Å². The van der Waals surface area contributed by atoms with Crippen LogP contribution in [0.25, 0.3) is 0 Å². The van der Waals surface area contributed by atoms with Gasteiger partial charge in [0.15, 0.2) is 5.82 Å². The molecule has 0 aliphatic heterocycles. The minimum Gasteiger partial charge on any atom is -0.375 e. The van der Waals surface area contributed by atoms with Gasteiger partial charge in [-0.1, -0.05) is 0 Å². The summed E-state index contributed by atoms with van der Waals surface area (Å²) in [5.74, 6) is -2.04. The molecule has 0 atom stereocenters. The Morgan fingerprint density at radius 1 is 1.33 bits per heavy atom. The molecule has 0 bridgehead atoms. The van der Waals surface area contributed by atoms with Crippen LogP contribution in [-0.2, 0) is 21.3 Å². The van der Waals surface area contributed by atoms with Crippen molar-refractivity contribution >= 4 is 10.0 Å². The van der Waals surface area contributed by atoms with Crippen LogP contribution < -0.4 is 10.5 Å². The van der Waals surface area contributed by atoms with E-state index in [9.17, 15) is 17.2 Å². The van der Waals surface area contributed by atoms with Gasteiger partial charge in [0, 0.05) is 25.3 Å². The van der Waals surface area contributed by atoms with Crippen LogP contribution in [0.1, 0.15) is 26.3 Å². The predicted molar refractivity (Wildman–Crippen MR) is 75.1 cm³/mol. The third kappa shape index (κ3) is 4.44. The zero-order valence-electron chi connectivity index (χ0n) is 12.2. The smallest absolute Gasteiger partial charge is 0.243 e. The SMILES string of the molecule is CCOC(C)(C)CNS(=O)(=O)c1ccc(F)c(CN)c1F. The van der Waals surface area contributed by atoms with Crippen molar-refractivity contribution in [2.24, 2.45) is 5.73 Å². The highest BCUT2D eigenvalue weighted by atomic mass is 32.2. The molecule has 0 heterocycles. The molecule has 0 aliphatic rings. The molecule has 8 heteroatoms. The molecule has 0 amide bonds. The number of nitrogens with one attached hydrogen (secondary N) is 1. The van der Waals surface area contributed by atoms with Crippen LogP contribution in [0.15, 0.2) is 17.0 Å². The fraction of sp³-hybridized carbons (Fsp3) is 0.538. The molecular weight excluding hydrogens is 302 g/mol. The zero-order chi connectivity index (χ0) is 16.3. The number of hydrogen-bond acceptors (Lipinski definition) is 4. The van der Waals surface area contributed by atoms with Crippen LogP contribution in [0.3, 0.4) is 0 Å². The van der Waals surface area contributed by atoms with Crippen molar-refractivity contribution < 1.29 is 21.9 Å². The van der Waals surface area contributed by atoms with Gasteiger partial charge in [0.05, 0.1) is 5.60 Å². The Morgan fingerprint density at radius 2 is 1.95 bits per heavy atom. The number of ether oxygens (including phenoxy) is 1. The van der Waals surface area contributed by atoms with Crippen molar-refractivity contribution in [1.29, 1.82) is 0 Å². The maximum Gasteiger partial charge on any atom is 0.243 e. The minimum atomic E-state index is -4.12. The largest absolute Gasteiger partial charge is 0.375 e. The molecule has 5 nitrogen and oxygen atoms in total. The number of hydrogen-bond donors (Lipinski definition) is 2. The zero-order valence-corrected chi connectivity index (χ0v) is 13.1. The van der Waals surface area contributed by atoms with Gasteiger partial charge in [-0.2, -0.15) is 0 Å². The Kier molecular flexibility index (Phi) is 5.80. The third-order valence-corrected chi connectivity index (χ3v) is 4.29. The van der Waals surface area contributed by atoms with Crippen LogP contribution in [-0.4, -0.2) is 27.2 Å². The lowest BCUT2D eigenvalue weighted by Crippen LogP contribution is -2.40. The van der Waals surface area contributed by atoms with Gasteiger partial charge in [-0.05, 0) is 32.9 Å². The highest BCUT2D eigenvalue weighted by Crippen LogP contribution is 2.21. The Balaban J connectivity index is 3.04. The van der Waals surface area contributed by atoms with E-state index in [1.54, 1.807) is 20.8 Å². The highest BCUT2D eigenvalue weighted by Gasteiger charge is 2.26. The molecule has 3 N–H and O–H groups in total. The molecular formula is C13H20F2N2O3S. The van der Waals surface area contributed by atoms with E-state index in [4.69, 9.17) is 10.5 Å². The van der Waals surface area contributed by atoms with Gasteiger partial charge in [0.2, 0.25) is 10.0 Å². The van der Waals surface area contributed by atoms with Gasteiger partial charge in [0.25, 0.3) is 0 Å². The standard InChI is InChI=1S/C13H20F2N2O3S/c1-4-20-13(2,3)8-17-21(18,19)11-6-5-10(14)9(7-16)12(11)15/h5-6,17H,4,7-8,16H2,1-3H3. The van der Waals surface area contributed by atoms with Gasteiger partial charge in [0.1, 0.15) is 10.7 Å². The average Bonchev–Trinajstić information content (AvgIpc) is 2.37. The van der Waals surface area contributed by atoms with Crippen LogP contribution in [0.2, 0.25) is 0 Å². The van der Waals surface area contributed by atoms with Crippen molar-refractivity contribution in [3.05, 3.63) is 29.3 Å². The summed E-state index contributed by atoms with van der Waals surface area (Å²) in [6.45, 7) is 5.13. The maximum atomic E-state index is 14.0. The van der Waals surface area contributed by atoms with Crippen molar-refractivity contribution in [2.45, 2.75) is 37.8 Å². The number of nitrogens with two attached hydrogens (primary N) is 1. The summed E-state index contributed by atoms with van der Waals surface area (Å²) in [5.41, 5.74) is 4.03. The van der Waals surface area contributed by atoms with Crippen molar-refractivity contribution in [1.82, 2.24) is 4.72 Å². The lowest BCUT2D eigenvalue weighted by atomic mass is 10.1. The van der Waals surface area contributed by atoms with Crippen LogP contribution >= 0.6 is 0 Å². The first-order chi connectivity index (χ1) is 9.64. The molecule has 0 spiro atoms. The first-order valence-corrected chi connectivity index (χ1v) is 7.93. The summed E-state index contributed by atoms with van der Waals surface area (Å²) in [6.07, 6.45) is 0. The maximum absolute atomic E-state index is 14.0. The number of sulfonamides is 1. The summed E-state index contributed by atoms with van der Waals surface area (Å²) in [5, 5.41) is 0. The lowest BCUT2D eigenvalue weighted by Gasteiger charge is -2.25. The summed E-state index contributed by atoms with van der Waals surface area (Å²) in [7, 11) is -4.12. The van der Waals surface area contributed by atoms with E-state index in [1.807, 2.05) is 0 Å². The van der Waals surface area contributed by atoms with Gasteiger partial charge >= 0.3 is 0 Å². The van der Waals surface area contributed by atoms with Crippen LogP contribution in [0.5, 0.6) is 0 Å². The molecule has 0 fully saturated rings. The van der Waals surface area contributed by atoms with Gasteiger partial charge < -0.3 is 10.5 Å². The molecule has 0 saturated carbocycles. The van der Waals surface area contributed by atoms with Gasteiger partial charge in [-0.25, -0.2) is 21.9 Å². The van der Waals surface area contributed by atoms with Crippen molar-refractivity contribution in [2.75, 3.05) is 13.2 Å². The molecule has 21 heavy (non-hydrogen) atoms. The van der Waals surface area contributed by atoms with Crippen molar-refractivity contribution in [3.63, 3.8) is 0 Å². The first-order valence-electron chi connectivity index (χ1n) is 6.45. The van der Waals surface area contributed by atoms with E-state index in [0.29, 0.717) is 6.61 Å². The van der Waals surface area contributed by atoms with Crippen molar-refractivity contribution in [3.8, 4) is 0 Å². The van der Waals surface area contributed by atoms with E-state index in [2.05, 4.69) is 4.72 Å². The molecule has 0 saturated heterocycles. The molecule has 120 valence electrons. The quantitative estimate of drug-likeness (QED) is 0.797. The van der Waals surface area contributed by atoms with E-state index in [0.717, 1.165) is 12.1 Å². The topological polar surface area (TPSA) is 81.4 Å². The van der Waals surface area contributed by atoms with Gasteiger partial charge in [-0.15, -0.1) is 0 Å². The van der Waals surface area contributed by atoms with Gasteiger partial charge in [-0.3, -0.25) is 0 Å². The Morgan fingerprint density at radius 3 is 2.48 bits per heavy atom. The monoisotopic (exact) mass is 322 g/mol. The normalized spacial score (nSPS) is 12.7. The highest BCUT2D eigenvalue weighted by molar-refractivity contribution is 7.89. The summed E-state index contributed by atoms with van der Waals surface area (Å²) in [4.78, 5) is -0.628. The van der Waals surface area contributed by atoms with E-state index < -0.39 is 44.3 Å². The second-order valence-corrected chi connectivity index (χ2v) is 6.79. The van der Waals surface area contributed by atoms with E-state index in [-0.39, 0.29) is 6.54 Å². The second-order valence-electron chi connectivity index (χ2n) is 5.06. The molecule has 1 aromatic carbocycles. The first kappa shape index (κ1) is 18.0. The van der Waals surface area contributed by atoms with Crippen LogP contribution in [0.4, 0.5) is 8.78 Å². The molecule has 1 aromatic rings. The Bertz CT molecular complexity index is 604. The van der Waals surface area contributed by atoms with E-state index in [1.165, 1.54) is 0 Å². The molecule has 0 unspecified atom stereocenters. The molecule has 0 aromatic heterocycles. The lowest BCUT2D eigenvalue weighted by molar-refractivity contribution is -0.00516. The average molecular weight is 322 g/mol. The second kappa shape index (κ2) is 6.78. The Labute approximate surface area is 123 Å². The fourth-order valence-corrected chi connectivity index (χ4v) is 3.06. The fourth-order valence-electron chi connectivity index (χ4n) is 1.76. The summed E-state index contributed by atoms with van der Waals surface area (Å²) < 4.78 is 59.2. The summed E-state index contributed by atoms with van der Waals surface area (Å²) >= 11 is 0. The minimum absolute atomic E-state index is 0.0437. The van der Waals surface area contributed by atoms with Crippen LogP contribution in [0, 0.1) is 11.6 Å². The number of rotatable bonds is 7. The predicted octanol–water partition coefficient (Wildman–Crippen LogP) is 1.52. The third-order valence-electron chi connectivity index (χ3n) is 2.87. The molecule has 1 rings (SSSR count). The Hall–Kier alpha value is -1.09. The molecule has 0 aliphatic carbocycles.